The summed E-state index contributed by atoms with van der Waals surface area (Å²) in [6, 6.07) is 17.0. The SMILES string of the molecule is Clc1ccc([C@@]2(CC3CCOCC3)c3ccccc3-c3nccn32)cc1. The molecule has 2 aliphatic heterocycles. The fraction of sp³-hybridized carbons (Fsp3) is 0.318. The molecule has 1 atom stereocenters. The first-order valence-electron chi connectivity index (χ1n) is 9.26. The van der Waals surface area contributed by atoms with Gasteiger partial charge in [-0.25, -0.2) is 4.98 Å². The van der Waals surface area contributed by atoms with Gasteiger partial charge in [-0.15, -0.1) is 0 Å². The van der Waals surface area contributed by atoms with Crippen LogP contribution in [0.25, 0.3) is 11.4 Å². The molecule has 0 saturated carbocycles. The summed E-state index contributed by atoms with van der Waals surface area (Å²) in [4.78, 5) is 4.68. The fourth-order valence-electron chi connectivity index (χ4n) is 4.69. The zero-order valence-corrected chi connectivity index (χ0v) is 15.3. The van der Waals surface area contributed by atoms with Crippen LogP contribution in [0.1, 0.15) is 30.4 Å². The van der Waals surface area contributed by atoms with Crippen molar-refractivity contribution in [3.05, 3.63) is 77.1 Å². The van der Waals surface area contributed by atoms with Crippen LogP contribution in [0.3, 0.4) is 0 Å². The average molecular weight is 365 g/mol. The average Bonchev–Trinajstić information content (AvgIpc) is 3.26. The van der Waals surface area contributed by atoms with Crippen LogP contribution in [-0.4, -0.2) is 22.8 Å². The fourth-order valence-corrected chi connectivity index (χ4v) is 4.82. The zero-order valence-electron chi connectivity index (χ0n) is 14.6. The van der Waals surface area contributed by atoms with Gasteiger partial charge in [0, 0.05) is 36.2 Å². The van der Waals surface area contributed by atoms with E-state index < -0.39 is 0 Å². The van der Waals surface area contributed by atoms with Crippen LogP contribution < -0.4 is 0 Å². The van der Waals surface area contributed by atoms with E-state index in [4.69, 9.17) is 16.3 Å². The molecule has 2 aliphatic rings. The normalized spacial score (nSPS) is 22.2. The third-order valence-electron chi connectivity index (χ3n) is 5.91. The molecule has 0 spiro atoms. The lowest BCUT2D eigenvalue weighted by Gasteiger charge is -2.38. The van der Waals surface area contributed by atoms with Gasteiger partial charge < -0.3 is 9.30 Å². The van der Waals surface area contributed by atoms with Crippen molar-refractivity contribution in [3.63, 3.8) is 0 Å². The monoisotopic (exact) mass is 364 g/mol. The van der Waals surface area contributed by atoms with Crippen molar-refractivity contribution >= 4 is 11.6 Å². The van der Waals surface area contributed by atoms with E-state index in [-0.39, 0.29) is 5.54 Å². The Bertz CT molecular complexity index is 927. The molecule has 1 saturated heterocycles. The Morgan fingerprint density at radius 3 is 2.65 bits per heavy atom. The maximum Gasteiger partial charge on any atom is 0.141 e. The van der Waals surface area contributed by atoms with E-state index >= 15 is 0 Å². The summed E-state index contributed by atoms with van der Waals surface area (Å²) in [5, 5.41) is 0.770. The minimum absolute atomic E-state index is 0.227. The highest BCUT2D eigenvalue weighted by Gasteiger charge is 2.46. The molecule has 4 heteroatoms. The predicted octanol–water partition coefficient (Wildman–Crippen LogP) is 5.13. The molecular formula is C22H21ClN2O. The first-order valence-corrected chi connectivity index (χ1v) is 9.64. The van der Waals surface area contributed by atoms with Crippen molar-refractivity contribution in [1.29, 1.82) is 0 Å². The zero-order chi connectivity index (χ0) is 17.6. The first-order chi connectivity index (χ1) is 12.8. The van der Waals surface area contributed by atoms with Gasteiger partial charge in [-0.05, 0) is 48.4 Å². The smallest absolute Gasteiger partial charge is 0.141 e. The van der Waals surface area contributed by atoms with Gasteiger partial charge >= 0.3 is 0 Å². The van der Waals surface area contributed by atoms with Crippen LogP contribution in [0.4, 0.5) is 0 Å². The lowest BCUT2D eigenvalue weighted by molar-refractivity contribution is 0.0566. The van der Waals surface area contributed by atoms with E-state index in [0.717, 1.165) is 43.3 Å². The molecule has 0 N–H and O–H groups in total. The second-order valence-corrected chi connectivity index (χ2v) is 7.73. The van der Waals surface area contributed by atoms with E-state index in [1.54, 1.807) is 0 Å². The quantitative estimate of drug-likeness (QED) is 0.644. The molecule has 3 heterocycles. The van der Waals surface area contributed by atoms with E-state index in [9.17, 15) is 0 Å². The van der Waals surface area contributed by atoms with Crippen molar-refractivity contribution in [1.82, 2.24) is 9.55 Å². The van der Waals surface area contributed by atoms with Gasteiger partial charge in [-0.1, -0.05) is 48.0 Å². The molecular weight excluding hydrogens is 344 g/mol. The third kappa shape index (κ3) is 2.34. The van der Waals surface area contributed by atoms with Crippen LogP contribution in [0.5, 0.6) is 0 Å². The highest BCUT2D eigenvalue weighted by molar-refractivity contribution is 6.30. The summed E-state index contributed by atoms with van der Waals surface area (Å²) >= 11 is 6.20. The van der Waals surface area contributed by atoms with Crippen LogP contribution in [-0.2, 0) is 10.3 Å². The Morgan fingerprint density at radius 1 is 1.08 bits per heavy atom. The molecule has 5 rings (SSSR count). The van der Waals surface area contributed by atoms with Gasteiger partial charge in [0.15, 0.2) is 0 Å². The van der Waals surface area contributed by atoms with Crippen molar-refractivity contribution < 1.29 is 4.74 Å². The number of hydrogen-bond acceptors (Lipinski definition) is 2. The van der Waals surface area contributed by atoms with E-state index in [0.29, 0.717) is 5.92 Å². The Morgan fingerprint density at radius 2 is 1.85 bits per heavy atom. The van der Waals surface area contributed by atoms with Crippen LogP contribution in [0, 0.1) is 5.92 Å². The molecule has 1 aromatic heterocycles. The molecule has 0 aliphatic carbocycles. The molecule has 3 aromatic rings. The van der Waals surface area contributed by atoms with Crippen molar-refractivity contribution in [2.75, 3.05) is 13.2 Å². The maximum absolute atomic E-state index is 6.20. The van der Waals surface area contributed by atoms with Crippen LogP contribution in [0.15, 0.2) is 60.9 Å². The Hall–Kier alpha value is -2.10. The first kappa shape index (κ1) is 16.1. The van der Waals surface area contributed by atoms with E-state index in [1.807, 2.05) is 18.3 Å². The summed E-state index contributed by atoms with van der Waals surface area (Å²) in [6.45, 7) is 1.72. The summed E-state index contributed by atoms with van der Waals surface area (Å²) in [5.74, 6) is 1.68. The highest BCUT2D eigenvalue weighted by Crippen LogP contribution is 2.51. The molecule has 0 radical (unpaired) electrons. The maximum atomic E-state index is 6.20. The number of imidazole rings is 1. The van der Waals surface area contributed by atoms with E-state index in [1.165, 1.54) is 16.7 Å². The number of benzene rings is 2. The largest absolute Gasteiger partial charge is 0.381 e. The molecule has 132 valence electrons. The van der Waals surface area contributed by atoms with Crippen molar-refractivity contribution in [2.24, 2.45) is 5.92 Å². The Kier molecular flexibility index (Phi) is 3.87. The minimum Gasteiger partial charge on any atom is -0.381 e. The summed E-state index contributed by atoms with van der Waals surface area (Å²) in [5.41, 5.74) is 3.63. The summed E-state index contributed by atoms with van der Waals surface area (Å²) in [7, 11) is 0. The number of fused-ring (bicyclic) bond motifs is 3. The molecule has 3 nitrogen and oxygen atoms in total. The van der Waals surface area contributed by atoms with Crippen molar-refractivity contribution in [2.45, 2.75) is 24.8 Å². The number of aromatic nitrogens is 2. The van der Waals surface area contributed by atoms with Gasteiger partial charge in [0.2, 0.25) is 0 Å². The lowest BCUT2D eigenvalue weighted by atomic mass is 9.74. The van der Waals surface area contributed by atoms with Gasteiger partial charge in [-0.2, -0.15) is 0 Å². The number of hydrogen-bond donors (Lipinski definition) is 0. The predicted molar refractivity (Wildman–Crippen MR) is 103 cm³/mol. The van der Waals surface area contributed by atoms with Crippen molar-refractivity contribution in [3.8, 4) is 11.4 Å². The molecule has 26 heavy (non-hydrogen) atoms. The molecule has 0 bridgehead atoms. The second-order valence-electron chi connectivity index (χ2n) is 7.29. The molecule has 2 aromatic carbocycles. The number of ether oxygens (including phenoxy) is 1. The molecule has 0 unspecified atom stereocenters. The topological polar surface area (TPSA) is 27.1 Å². The highest BCUT2D eigenvalue weighted by atomic mass is 35.5. The summed E-state index contributed by atoms with van der Waals surface area (Å²) < 4.78 is 7.98. The lowest BCUT2D eigenvalue weighted by Crippen LogP contribution is -2.36. The third-order valence-corrected chi connectivity index (χ3v) is 6.16. The van der Waals surface area contributed by atoms with Crippen LogP contribution >= 0.6 is 11.6 Å². The molecule has 0 amide bonds. The Labute approximate surface area is 158 Å². The number of halogens is 1. The standard InChI is InChI=1S/C22H21ClN2O/c23-18-7-5-17(6-8-18)22(15-16-9-13-26-14-10-16)20-4-2-1-3-19(20)21-24-11-12-25(21)22/h1-8,11-12,16H,9-10,13-15H2/t22-/m0/s1. The van der Waals surface area contributed by atoms with Gasteiger partial charge in [0.1, 0.15) is 5.82 Å². The second kappa shape index (κ2) is 6.26. The van der Waals surface area contributed by atoms with Gasteiger partial charge in [-0.3, -0.25) is 0 Å². The molecule has 1 fully saturated rings. The number of nitrogens with zero attached hydrogens (tertiary/aromatic N) is 2. The minimum atomic E-state index is -0.227. The Balaban J connectivity index is 1.73. The van der Waals surface area contributed by atoms with Gasteiger partial charge in [0.05, 0.1) is 5.54 Å². The van der Waals surface area contributed by atoms with Crippen LogP contribution in [0.2, 0.25) is 5.02 Å². The van der Waals surface area contributed by atoms with Gasteiger partial charge in [0.25, 0.3) is 0 Å². The number of rotatable bonds is 3. The van der Waals surface area contributed by atoms with E-state index in [2.05, 4.69) is 52.1 Å². The summed E-state index contributed by atoms with van der Waals surface area (Å²) in [6.07, 6.45) is 7.32.